The van der Waals surface area contributed by atoms with Gasteiger partial charge in [0, 0.05) is 29.5 Å². The molecule has 0 aromatic heterocycles. The molecule has 1 saturated heterocycles. The fraction of sp³-hybridized carbons (Fsp3) is 0.316. The molecule has 1 aliphatic heterocycles. The summed E-state index contributed by atoms with van der Waals surface area (Å²) in [7, 11) is -3.44. The number of benzene rings is 2. The molecule has 0 unspecified atom stereocenters. The summed E-state index contributed by atoms with van der Waals surface area (Å²) in [6.45, 7) is 3.13. The van der Waals surface area contributed by atoms with Crippen molar-refractivity contribution in [2.45, 2.75) is 24.7 Å². The van der Waals surface area contributed by atoms with Gasteiger partial charge in [-0.1, -0.05) is 17.7 Å². The van der Waals surface area contributed by atoms with Crippen LogP contribution in [0.3, 0.4) is 0 Å². The van der Waals surface area contributed by atoms with Gasteiger partial charge in [-0.05, 0) is 61.7 Å². The first-order chi connectivity index (χ1) is 12.9. The number of hydrogen-bond acceptors (Lipinski definition) is 4. The number of aryl methyl sites for hydroxylation is 1. The molecular formula is C19H22ClN3O3S. The minimum absolute atomic E-state index is 0.0784. The second kappa shape index (κ2) is 8.29. The summed E-state index contributed by atoms with van der Waals surface area (Å²) in [5.41, 5.74) is 2.33. The molecule has 6 nitrogen and oxygen atoms in total. The fourth-order valence-corrected chi connectivity index (χ4v) is 4.64. The highest BCUT2D eigenvalue weighted by Crippen LogP contribution is 2.22. The number of hydrogen-bond donors (Lipinski definition) is 2. The van der Waals surface area contributed by atoms with Crippen LogP contribution in [0.15, 0.2) is 47.4 Å². The average molecular weight is 408 g/mol. The summed E-state index contributed by atoms with van der Waals surface area (Å²) >= 11 is 5.97. The standard InChI is InChI=1S/C19H22ClN3O3S/c1-14-4-5-15(20)12-18(14)21-13-19(24)22-16-6-8-17(9-7-16)27(25,26)23-10-2-3-11-23/h4-9,12,21H,2-3,10-11,13H2,1H3,(H,22,24). The van der Waals surface area contributed by atoms with Crippen molar-refractivity contribution < 1.29 is 13.2 Å². The third-order valence-electron chi connectivity index (χ3n) is 4.48. The highest BCUT2D eigenvalue weighted by atomic mass is 35.5. The van der Waals surface area contributed by atoms with Crippen LogP contribution in [0.1, 0.15) is 18.4 Å². The van der Waals surface area contributed by atoms with Gasteiger partial charge in [0.05, 0.1) is 11.4 Å². The molecule has 0 bridgehead atoms. The van der Waals surface area contributed by atoms with Gasteiger partial charge >= 0.3 is 0 Å². The summed E-state index contributed by atoms with van der Waals surface area (Å²) in [6, 6.07) is 11.7. The number of sulfonamides is 1. The number of halogens is 1. The normalized spacial score (nSPS) is 14.9. The van der Waals surface area contributed by atoms with Gasteiger partial charge in [-0.3, -0.25) is 4.79 Å². The summed E-state index contributed by atoms with van der Waals surface area (Å²) in [5.74, 6) is -0.232. The van der Waals surface area contributed by atoms with Crippen LogP contribution in [-0.2, 0) is 14.8 Å². The van der Waals surface area contributed by atoms with Crippen molar-refractivity contribution in [3.63, 3.8) is 0 Å². The van der Waals surface area contributed by atoms with Crippen molar-refractivity contribution >= 4 is 38.9 Å². The Bertz CT molecular complexity index is 924. The maximum Gasteiger partial charge on any atom is 0.243 e. The van der Waals surface area contributed by atoms with Gasteiger partial charge < -0.3 is 10.6 Å². The monoisotopic (exact) mass is 407 g/mol. The van der Waals surface area contributed by atoms with Crippen LogP contribution < -0.4 is 10.6 Å². The lowest BCUT2D eigenvalue weighted by Crippen LogP contribution is -2.27. The Labute approximate surface area is 164 Å². The van der Waals surface area contributed by atoms with Crippen LogP contribution in [0.2, 0.25) is 5.02 Å². The van der Waals surface area contributed by atoms with Gasteiger partial charge in [0.15, 0.2) is 0 Å². The topological polar surface area (TPSA) is 78.5 Å². The zero-order valence-corrected chi connectivity index (χ0v) is 16.6. The first-order valence-corrected chi connectivity index (χ1v) is 10.6. The van der Waals surface area contributed by atoms with Gasteiger partial charge in [0.2, 0.25) is 15.9 Å². The lowest BCUT2D eigenvalue weighted by molar-refractivity contribution is -0.114. The van der Waals surface area contributed by atoms with E-state index in [1.807, 2.05) is 13.0 Å². The molecule has 2 aromatic carbocycles. The Balaban J connectivity index is 1.59. The van der Waals surface area contributed by atoms with Crippen LogP contribution in [-0.4, -0.2) is 38.3 Å². The molecule has 0 spiro atoms. The second-order valence-corrected chi connectivity index (χ2v) is 8.87. The number of nitrogens with one attached hydrogen (secondary N) is 2. The van der Waals surface area contributed by atoms with E-state index < -0.39 is 10.0 Å². The first kappa shape index (κ1) is 19.7. The van der Waals surface area contributed by atoms with Gasteiger partial charge in [0.1, 0.15) is 0 Å². The summed E-state index contributed by atoms with van der Waals surface area (Å²) in [6.07, 6.45) is 1.79. The lowest BCUT2D eigenvalue weighted by atomic mass is 10.2. The smallest absolute Gasteiger partial charge is 0.243 e. The predicted octanol–water partition coefficient (Wildman–Crippen LogP) is 3.48. The summed E-state index contributed by atoms with van der Waals surface area (Å²) in [5, 5.41) is 6.39. The van der Waals surface area contributed by atoms with Crippen LogP contribution in [0.4, 0.5) is 11.4 Å². The Hall–Kier alpha value is -2.09. The molecule has 27 heavy (non-hydrogen) atoms. The van der Waals surface area contributed by atoms with E-state index in [4.69, 9.17) is 11.6 Å². The van der Waals surface area contributed by atoms with E-state index >= 15 is 0 Å². The molecular weight excluding hydrogens is 386 g/mol. The SMILES string of the molecule is Cc1ccc(Cl)cc1NCC(=O)Nc1ccc(S(=O)(=O)N2CCCC2)cc1. The molecule has 1 amide bonds. The van der Waals surface area contributed by atoms with E-state index in [9.17, 15) is 13.2 Å². The van der Waals surface area contributed by atoms with Crippen molar-refractivity contribution in [3.05, 3.63) is 53.1 Å². The zero-order chi connectivity index (χ0) is 19.4. The maximum atomic E-state index is 12.5. The molecule has 144 valence electrons. The van der Waals surface area contributed by atoms with E-state index in [-0.39, 0.29) is 17.3 Å². The second-order valence-electron chi connectivity index (χ2n) is 6.50. The zero-order valence-electron chi connectivity index (χ0n) is 15.0. The Morgan fingerprint density at radius 1 is 1.11 bits per heavy atom. The van der Waals surface area contributed by atoms with E-state index in [2.05, 4.69) is 10.6 Å². The molecule has 8 heteroatoms. The van der Waals surface area contributed by atoms with Crippen molar-refractivity contribution in [3.8, 4) is 0 Å². The minimum Gasteiger partial charge on any atom is -0.376 e. The summed E-state index contributed by atoms with van der Waals surface area (Å²) in [4.78, 5) is 12.4. The molecule has 0 atom stereocenters. The van der Waals surface area contributed by atoms with E-state index in [0.717, 1.165) is 24.1 Å². The number of anilines is 2. The predicted molar refractivity (Wildman–Crippen MR) is 108 cm³/mol. The quantitative estimate of drug-likeness (QED) is 0.768. The number of carbonyl (C=O) groups excluding carboxylic acids is 1. The van der Waals surface area contributed by atoms with Gasteiger partial charge in [-0.2, -0.15) is 4.31 Å². The lowest BCUT2D eigenvalue weighted by Gasteiger charge is -2.15. The molecule has 1 heterocycles. The van der Waals surface area contributed by atoms with Crippen LogP contribution in [0.25, 0.3) is 0 Å². The molecule has 1 fully saturated rings. The summed E-state index contributed by atoms with van der Waals surface area (Å²) < 4.78 is 26.5. The molecule has 0 saturated carbocycles. The van der Waals surface area contributed by atoms with E-state index in [0.29, 0.717) is 23.8 Å². The Kier molecular flexibility index (Phi) is 6.04. The third kappa shape index (κ3) is 4.80. The highest BCUT2D eigenvalue weighted by molar-refractivity contribution is 7.89. The molecule has 2 aromatic rings. The molecule has 2 N–H and O–H groups in total. The molecule has 0 radical (unpaired) electrons. The van der Waals surface area contributed by atoms with Crippen LogP contribution in [0, 0.1) is 6.92 Å². The number of rotatable bonds is 6. The van der Waals surface area contributed by atoms with E-state index in [1.54, 1.807) is 24.3 Å². The average Bonchev–Trinajstić information content (AvgIpc) is 3.18. The van der Waals surface area contributed by atoms with Gasteiger partial charge in [0.25, 0.3) is 0 Å². The van der Waals surface area contributed by atoms with Gasteiger partial charge in [-0.15, -0.1) is 0 Å². The van der Waals surface area contributed by atoms with Crippen molar-refractivity contribution in [2.24, 2.45) is 0 Å². The first-order valence-electron chi connectivity index (χ1n) is 8.76. The number of nitrogens with zero attached hydrogens (tertiary/aromatic N) is 1. The van der Waals surface area contributed by atoms with E-state index in [1.165, 1.54) is 16.4 Å². The Morgan fingerprint density at radius 3 is 2.44 bits per heavy atom. The van der Waals surface area contributed by atoms with Crippen LogP contribution >= 0.6 is 11.6 Å². The largest absolute Gasteiger partial charge is 0.376 e. The highest BCUT2D eigenvalue weighted by Gasteiger charge is 2.26. The Morgan fingerprint density at radius 2 is 1.78 bits per heavy atom. The molecule has 1 aliphatic rings. The molecule has 3 rings (SSSR count). The van der Waals surface area contributed by atoms with Crippen molar-refractivity contribution in [1.29, 1.82) is 0 Å². The van der Waals surface area contributed by atoms with Crippen molar-refractivity contribution in [1.82, 2.24) is 4.31 Å². The van der Waals surface area contributed by atoms with Gasteiger partial charge in [-0.25, -0.2) is 8.42 Å². The number of amides is 1. The minimum atomic E-state index is -3.44. The molecule has 0 aliphatic carbocycles. The third-order valence-corrected chi connectivity index (χ3v) is 6.63. The number of carbonyl (C=O) groups is 1. The fourth-order valence-electron chi connectivity index (χ4n) is 2.95. The van der Waals surface area contributed by atoms with Crippen LogP contribution in [0.5, 0.6) is 0 Å². The maximum absolute atomic E-state index is 12.5. The van der Waals surface area contributed by atoms with Crippen molar-refractivity contribution in [2.75, 3.05) is 30.3 Å².